The summed E-state index contributed by atoms with van der Waals surface area (Å²) >= 11 is 0. The zero-order chi connectivity index (χ0) is 17.1. The Kier molecular flexibility index (Phi) is 4.60. The Balaban J connectivity index is 1.78. The van der Waals surface area contributed by atoms with Crippen LogP contribution in [0.3, 0.4) is 0 Å². The van der Waals surface area contributed by atoms with Crippen molar-refractivity contribution >= 4 is 17.6 Å². The van der Waals surface area contributed by atoms with Crippen molar-refractivity contribution in [1.29, 1.82) is 0 Å². The Bertz CT molecular complexity index is 771. The fourth-order valence-corrected chi connectivity index (χ4v) is 2.75. The zero-order valence-electron chi connectivity index (χ0n) is 13.3. The molecule has 0 saturated carbocycles. The molecule has 4 nitrogen and oxygen atoms in total. The maximum absolute atomic E-state index is 12.9. The first-order chi connectivity index (χ1) is 11.6. The van der Waals surface area contributed by atoms with E-state index in [4.69, 9.17) is 4.74 Å². The number of cyclic esters (lactones) is 1. The SMILES string of the molecule is CCCCC1OC(=O)c2cc(C(=O)Nc3ccc(F)cc3)ccc21. The summed E-state index contributed by atoms with van der Waals surface area (Å²) in [6, 6.07) is 10.5. The van der Waals surface area contributed by atoms with E-state index in [1.165, 1.54) is 24.3 Å². The van der Waals surface area contributed by atoms with Crippen molar-refractivity contribution in [3.8, 4) is 0 Å². The van der Waals surface area contributed by atoms with Gasteiger partial charge in [0.1, 0.15) is 11.9 Å². The lowest BCUT2D eigenvalue weighted by molar-refractivity contribution is 0.0364. The van der Waals surface area contributed by atoms with E-state index in [0.717, 1.165) is 24.8 Å². The molecule has 1 unspecified atom stereocenters. The number of benzene rings is 2. The summed E-state index contributed by atoms with van der Waals surface area (Å²) in [5.74, 6) is -1.11. The largest absolute Gasteiger partial charge is 0.454 e. The van der Waals surface area contributed by atoms with Crippen molar-refractivity contribution in [2.45, 2.75) is 32.3 Å². The molecule has 24 heavy (non-hydrogen) atoms. The molecule has 1 amide bonds. The minimum absolute atomic E-state index is 0.221. The number of halogens is 1. The first-order valence-electron chi connectivity index (χ1n) is 8.00. The van der Waals surface area contributed by atoms with Gasteiger partial charge in [-0.05, 0) is 49.2 Å². The molecule has 0 fully saturated rings. The lowest BCUT2D eigenvalue weighted by atomic mass is 9.99. The maximum Gasteiger partial charge on any atom is 0.339 e. The smallest absolute Gasteiger partial charge is 0.339 e. The maximum atomic E-state index is 12.9. The molecule has 0 aromatic heterocycles. The van der Waals surface area contributed by atoms with Gasteiger partial charge in [-0.15, -0.1) is 0 Å². The Morgan fingerprint density at radius 2 is 1.96 bits per heavy atom. The van der Waals surface area contributed by atoms with Gasteiger partial charge in [0, 0.05) is 16.8 Å². The molecule has 1 heterocycles. The van der Waals surface area contributed by atoms with Crippen molar-refractivity contribution in [2.75, 3.05) is 5.32 Å². The number of ether oxygens (including phenoxy) is 1. The molecule has 1 aliphatic heterocycles. The van der Waals surface area contributed by atoms with Gasteiger partial charge in [-0.2, -0.15) is 0 Å². The molecule has 1 aliphatic rings. The Morgan fingerprint density at radius 3 is 2.67 bits per heavy atom. The topological polar surface area (TPSA) is 55.4 Å². The molecule has 2 aromatic carbocycles. The molecule has 0 radical (unpaired) electrons. The number of amides is 1. The quantitative estimate of drug-likeness (QED) is 0.824. The third-order valence-corrected chi connectivity index (χ3v) is 4.05. The second-order valence-electron chi connectivity index (χ2n) is 5.80. The van der Waals surface area contributed by atoms with Crippen LogP contribution in [-0.4, -0.2) is 11.9 Å². The van der Waals surface area contributed by atoms with Crippen molar-refractivity contribution in [3.05, 3.63) is 65.0 Å². The number of carbonyl (C=O) groups is 2. The highest BCUT2D eigenvalue weighted by Crippen LogP contribution is 2.34. The molecule has 2 aromatic rings. The third kappa shape index (κ3) is 3.30. The van der Waals surface area contributed by atoms with Crippen molar-refractivity contribution in [2.24, 2.45) is 0 Å². The van der Waals surface area contributed by atoms with Crippen LogP contribution in [-0.2, 0) is 4.74 Å². The van der Waals surface area contributed by atoms with Gasteiger partial charge in [0.2, 0.25) is 0 Å². The predicted molar refractivity (Wildman–Crippen MR) is 88.5 cm³/mol. The number of nitrogens with one attached hydrogen (secondary N) is 1. The van der Waals surface area contributed by atoms with E-state index < -0.39 is 0 Å². The summed E-state index contributed by atoms with van der Waals surface area (Å²) in [5, 5.41) is 2.68. The van der Waals surface area contributed by atoms with Crippen LogP contribution in [0, 0.1) is 5.82 Å². The molecule has 0 aliphatic carbocycles. The van der Waals surface area contributed by atoms with Gasteiger partial charge in [-0.1, -0.05) is 19.4 Å². The molecule has 0 spiro atoms. The molecule has 3 rings (SSSR count). The normalized spacial score (nSPS) is 15.8. The standard InChI is InChI=1S/C19H18FNO3/c1-2-3-4-17-15-10-5-12(11-16(15)19(23)24-17)18(22)21-14-8-6-13(20)7-9-14/h5-11,17H,2-4H2,1H3,(H,21,22). The zero-order valence-corrected chi connectivity index (χ0v) is 13.3. The number of esters is 1. The Morgan fingerprint density at radius 1 is 1.21 bits per heavy atom. The van der Waals surface area contributed by atoms with Crippen LogP contribution in [0.15, 0.2) is 42.5 Å². The van der Waals surface area contributed by atoms with Gasteiger partial charge in [0.15, 0.2) is 0 Å². The van der Waals surface area contributed by atoms with E-state index >= 15 is 0 Å². The van der Waals surface area contributed by atoms with Crippen LogP contribution >= 0.6 is 0 Å². The van der Waals surface area contributed by atoms with E-state index in [-0.39, 0.29) is 23.8 Å². The summed E-state index contributed by atoms with van der Waals surface area (Å²) in [5.41, 5.74) is 2.14. The van der Waals surface area contributed by atoms with Gasteiger partial charge in [-0.3, -0.25) is 4.79 Å². The highest BCUT2D eigenvalue weighted by Gasteiger charge is 2.31. The molecule has 0 bridgehead atoms. The van der Waals surface area contributed by atoms with E-state index in [2.05, 4.69) is 12.2 Å². The predicted octanol–water partition coefficient (Wildman–Crippen LogP) is 4.48. The first-order valence-corrected chi connectivity index (χ1v) is 8.00. The van der Waals surface area contributed by atoms with Gasteiger partial charge in [0.25, 0.3) is 5.91 Å². The molecule has 124 valence electrons. The summed E-state index contributed by atoms with van der Waals surface area (Å²) < 4.78 is 18.3. The monoisotopic (exact) mass is 327 g/mol. The fraction of sp³-hybridized carbons (Fsp3) is 0.263. The second-order valence-corrected chi connectivity index (χ2v) is 5.80. The van der Waals surface area contributed by atoms with E-state index in [0.29, 0.717) is 16.8 Å². The lowest BCUT2D eigenvalue weighted by Gasteiger charge is -2.10. The number of hydrogen-bond acceptors (Lipinski definition) is 3. The highest BCUT2D eigenvalue weighted by atomic mass is 19.1. The van der Waals surface area contributed by atoms with Crippen LogP contribution in [0.4, 0.5) is 10.1 Å². The number of unbranched alkanes of at least 4 members (excludes halogenated alkanes) is 1. The summed E-state index contributed by atoms with van der Waals surface area (Å²) in [6.45, 7) is 2.08. The number of anilines is 1. The average molecular weight is 327 g/mol. The van der Waals surface area contributed by atoms with Crippen LogP contribution in [0.5, 0.6) is 0 Å². The van der Waals surface area contributed by atoms with Crippen LogP contribution in [0.2, 0.25) is 0 Å². The van der Waals surface area contributed by atoms with E-state index in [1.54, 1.807) is 18.2 Å². The van der Waals surface area contributed by atoms with E-state index in [9.17, 15) is 14.0 Å². The number of rotatable bonds is 5. The average Bonchev–Trinajstić information content (AvgIpc) is 2.90. The fourth-order valence-electron chi connectivity index (χ4n) is 2.75. The van der Waals surface area contributed by atoms with Crippen molar-refractivity contribution in [3.63, 3.8) is 0 Å². The molecule has 5 heteroatoms. The summed E-state index contributed by atoms with van der Waals surface area (Å²) in [6.07, 6.45) is 2.57. The molecular formula is C19H18FNO3. The van der Waals surface area contributed by atoms with Crippen molar-refractivity contribution in [1.82, 2.24) is 0 Å². The molecule has 1 N–H and O–H groups in total. The molecule has 0 saturated heterocycles. The lowest BCUT2D eigenvalue weighted by Crippen LogP contribution is -2.12. The Hall–Kier alpha value is -2.69. The van der Waals surface area contributed by atoms with Crippen molar-refractivity contribution < 1.29 is 18.7 Å². The van der Waals surface area contributed by atoms with Gasteiger partial charge in [0.05, 0.1) is 5.56 Å². The van der Waals surface area contributed by atoms with Crippen LogP contribution in [0.1, 0.15) is 58.6 Å². The Labute approximate surface area is 139 Å². The highest BCUT2D eigenvalue weighted by molar-refractivity contribution is 6.06. The summed E-state index contributed by atoms with van der Waals surface area (Å²) in [4.78, 5) is 24.3. The number of carbonyl (C=O) groups excluding carboxylic acids is 2. The van der Waals surface area contributed by atoms with Crippen LogP contribution < -0.4 is 5.32 Å². The van der Waals surface area contributed by atoms with Gasteiger partial charge >= 0.3 is 5.97 Å². The van der Waals surface area contributed by atoms with E-state index in [1.807, 2.05) is 0 Å². The molecule has 1 atom stereocenters. The van der Waals surface area contributed by atoms with Gasteiger partial charge < -0.3 is 10.1 Å². The molecular weight excluding hydrogens is 309 g/mol. The number of fused-ring (bicyclic) bond motifs is 1. The number of hydrogen-bond donors (Lipinski definition) is 1. The second kappa shape index (κ2) is 6.83. The van der Waals surface area contributed by atoms with Crippen LogP contribution in [0.25, 0.3) is 0 Å². The summed E-state index contributed by atoms with van der Waals surface area (Å²) in [7, 11) is 0. The minimum Gasteiger partial charge on any atom is -0.454 e. The minimum atomic E-state index is -0.387. The third-order valence-electron chi connectivity index (χ3n) is 4.05. The van der Waals surface area contributed by atoms with Gasteiger partial charge in [-0.25, -0.2) is 9.18 Å². The first kappa shape index (κ1) is 16.2.